The lowest BCUT2D eigenvalue weighted by atomic mass is 10.1. The number of nitrogens with zero attached hydrogens (tertiary/aromatic N) is 3. The number of esters is 1. The second-order valence-electron chi connectivity index (χ2n) is 7.64. The Kier molecular flexibility index (Phi) is 5.49. The van der Waals surface area contributed by atoms with Crippen LogP contribution in [-0.2, 0) is 23.2 Å². The Hall–Kier alpha value is -3.15. The monoisotopic (exact) mass is 379 g/mol. The normalized spacial score (nSPS) is 11.9. The molecule has 0 saturated carbocycles. The topological polar surface area (TPSA) is 66.2 Å². The summed E-state index contributed by atoms with van der Waals surface area (Å²) >= 11 is 0. The number of carbonyl (C=O) groups excluding carboxylic acids is 1. The lowest BCUT2D eigenvalue weighted by Crippen LogP contribution is -2.22. The number of hydrogen-bond donors (Lipinski definition) is 0. The van der Waals surface area contributed by atoms with Crippen molar-refractivity contribution in [3.8, 4) is 5.75 Å². The Bertz CT molecular complexity index is 1010. The van der Waals surface area contributed by atoms with Crippen molar-refractivity contribution in [2.24, 2.45) is 7.05 Å². The fourth-order valence-electron chi connectivity index (χ4n) is 2.85. The fourth-order valence-corrected chi connectivity index (χ4v) is 2.85. The summed E-state index contributed by atoms with van der Waals surface area (Å²) in [6, 6.07) is 11.9. The van der Waals surface area contributed by atoms with Crippen LogP contribution in [0.15, 0.2) is 42.5 Å². The van der Waals surface area contributed by atoms with Gasteiger partial charge >= 0.3 is 5.97 Å². The van der Waals surface area contributed by atoms with E-state index in [0.29, 0.717) is 12.4 Å². The van der Waals surface area contributed by atoms with Crippen LogP contribution in [0.1, 0.15) is 37.5 Å². The summed E-state index contributed by atoms with van der Waals surface area (Å²) < 4.78 is 13.1. The van der Waals surface area contributed by atoms with E-state index in [4.69, 9.17) is 9.47 Å². The molecule has 0 aliphatic carbocycles. The maximum Gasteiger partial charge on any atom is 0.331 e. The number of aromatic nitrogens is 3. The van der Waals surface area contributed by atoms with Crippen molar-refractivity contribution in [3.63, 3.8) is 0 Å². The van der Waals surface area contributed by atoms with Crippen molar-refractivity contribution in [1.82, 2.24) is 15.0 Å². The van der Waals surface area contributed by atoms with E-state index in [0.717, 1.165) is 27.7 Å². The minimum Gasteiger partial charge on any atom is -0.487 e. The second kappa shape index (κ2) is 7.84. The van der Waals surface area contributed by atoms with E-state index >= 15 is 0 Å². The van der Waals surface area contributed by atoms with Crippen LogP contribution in [0.4, 0.5) is 0 Å². The first kappa shape index (κ1) is 19.6. The van der Waals surface area contributed by atoms with Gasteiger partial charge < -0.3 is 9.47 Å². The number of aryl methyl sites for hydroxylation is 2. The van der Waals surface area contributed by atoms with Gasteiger partial charge in [-0.1, -0.05) is 35.5 Å². The van der Waals surface area contributed by atoms with Gasteiger partial charge in [-0.05, 0) is 56.5 Å². The molecule has 0 unspecified atom stereocenters. The third-order valence-electron chi connectivity index (χ3n) is 4.18. The predicted octanol–water partition coefficient (Wildman–Crippen LogP) is 4.21. The number of hydrogen-bond acceptors (Lipinski definition) is 5. The number of fused-ring (bicyclic) bond motifs is 1. The lowest BCUT2D eigenvalue weighted by Gasteiger charge is -2.18. The van der Waals surface area contributed by atoms with Gasteiger partial charge in [-0.15, -0.1) is 5.10 Å². The molecule has 6 heteroatoms. The molecule has 3 aromatic rings. The lowest BCUT2D eigenvalue weighted by molar-refractivity contribution is -0.148. The molecule has 0 aliphatic heterocycles. The molecule has 0 radical (unpaired) electrons. The third-order valence-corrected chi connectivity index (χ3v) is 4.18. The molecule has 0 N–H and O–H groups in total. The van der Waals surface area contributed by atoms with Crippen molar-refractivity contribution in [3.05, 3.63) is 59.2 Å². The molecule has 28 heavy (non-hydrogen) atoms. The molecule has 0 bridgehead atoms. The molecule has 0 saturated heterocycles. The molecule has 0 amide bonds. The van der Waals surface area contributed by atoms with Crippen molar-refractivity contribution in [2.45, 2.75) is 39.9 Å². The second-order valence-corrected chi connectivity index (χ2v) is 7.64. The zero-order chi connectivity index (χ0) is 20.3. The first-order valence-corrected chi connectivity index (χ1v) is 9.15. The molecule has 1 heterocycles. The standard InChI is InChI=1S/C22H25N3O3/c1-15-17(11-12-19(26)28-22(2,3)4)13-18(21-20(15)23-24-25(21)5)27-14-16-9-7-6-8-10-16/h6-13H,14H2,1-5H3/b12-11+. The summed E-state index contributed by atoms with van der Waals surface area (Å²) in [5, 5.41) is 8.39. The van der Waals surface area contributed by atoms with E-state index in [1.165, 1.54) is 6.08 Å². The van der Waals surface area contributed by atoms with E-state index in [1.807, 2.05) is 71.1 Å². The quantitative estimate of drug-likeness (QED) is 0.491. The molecule has 0 fully saturated rings. The van der Waals surface area contributed by atoms with Crippen LogP contribution in [0.5, 0.6) is 5.75 Å². The summed E-state index contributed by atoms with van der Waals surface area (Å²) in [7, 11) is 1.83. The highest BCUT2D eigenvalue weighted by atomic mass is 16.6. The Labute approximate surface area is 164 Å². The van der Waals surface area contributed by atoms with E-state index in [9.17, 15) is 4.79 Å². The molecule has 0 spiro atoms. The highest BCUT2D eigenvalue weighted by Gasteiger charge is 2.16. The zero-order valence-electron chi connectivity index (χ0n) is 16.9. The number of rotatable bonds is 5. The summed E-state index contributed by atoms with van der Waals surface area (Å²) in [6.07, 6.45) is 3.16. The largest absolute Gasteiger partial charge is 0.487 e. The fraction of sp³-hybridized carbons (Fsp3) is 0.318. The smallest absolute Gasteiger partial charge is 0.331 e. The van der Waals surface area contributed by atoms with E-state index < -0.39 is 11.6 Å². The van der Waals surface area contributed by atoms with Gasteiger partial charge in [0.1, 0.15) is 29.0 Å². The average Bonchev–Trinajstić information content (AvgIpc) is 3.02. The van der Waals surface area contributed by atoms with Crippen LogP contribution >= 0.6 is 0 Å². The molecule has 1 aromatic heterocycles. The van der Waals surface area contributed by atoms with Crippen molar-refractivity contribution in [2.75, 3.05) is 0 Å². The van der Waals surface area contributed by atoms with E-state index in [1.54, 1.807) is 10.8 Å². The van der Waals surface area contributed by atoms with Crippen LogP contribution < -0.4 is 4.74 Å². The van der Waals surface area contributed by atoms with Crippen molar-refractivity contribution in [1.29, 1.82) is 0 Å². The van der Waals surface area contributed by atoms with Crippen LogP contribution in [0.3, 0.4) is 0 Å². The molecule has 3 rings (SSSR count). The summed E-state index contributed by atoms with van der Waals surface area (Å²) in [5.41, 5.74) is 3.86. The average molecular weight is 379 g/mol. The van der Waals surface area contributed by atoms with Crippen LogP contribution in [0.2, 0.25) is 0 Å². The van der Waals surface area contributed by atoms with Crippen molar-refractivity contribution < 1.29 is 14.3 Å². The predicted molar refractivity (Wildman–Crippen MR) is 109 cm³/mol. The molecule has 146 valence electrons. The van der Waals surface area contributed by atoms with Gasteiger partial charge in [0.25, 0.3) is 0 Å². The molecular weight excluding hydrogens is 354 g/mol. The van der Waals surface area contributed by atoms with E-state index in [-0.39, 0.29) is 0 Å². The Morgan fingerprint density at radius 1 is 1.21 bits per heavy atom. The molecule has 6 nitrogen and oxygen atoms in total. The highest BCUT2D eigenvalue weighted by molar-refractivity contribution is 5.91. The van der Waals surface area contributed by atoms with Gasteiger partial charge in [0.05, 0.1) is 0 Å². The molecular formula is C22H25N3O3. The van der Waals surface area contributed by atoms with Gasteiger partial charge in [-0.25, -0.2) is 9.48 Å². The summed E-state index contributed by atoms with van der Waals surface area (Å²) in [5.74, 6) is 0.277. The summed E-state index contributed by atoms with van der Waals surface area (Å²) in [4.78, 5) is 12.0. The van der Waals surface area contributed by atoms with Crippen molar-refractivity contribution >= 4 is 23.1 Å². The molecule has 2 aromatic carbocycles. The van der Waals surface area contributed by atoms with Gasteiger partial charge in [-0.2, -0.15) is 0 Å². The summed E-state index contributed by atoms with van der Waals surface area (Å²) in [6.45, 7) is 7.90. The Morgan fingerprint density at radius 3 is 2.61 bits per heavy atom. The number of benzene rings is 2. The SMILES string of the molecule is Cc1c(/C=C/C(=O)OC(C)(C)C)cc(OCc2ccccc2)c2c1nnn2C. The van der Waals surface area contributed by atoms with Gasteiger partial charge in [0, 0.05) is 13.1 Å². The highest BCUT2D eigenvalue weighted by Crippen LogP contribution is 2.31. The zero-order valence-corrected chi connectivity index (χ0v) is 16.9. The Balaban J connectivity index is 1.93. The van der Waals surface area contributed by atoms with Crippen LogP contribution in [0, 0.1) is 6.92 Å². The third kappa shape index (κ3) is 4.57. The number of carbonyl (C=O) groups is 1. The maximum atomic E-state index is 12.0. The maximum absolute atomic E-state index is 12.0. The van der Waals surface area contributed by atoms with Crippen LogP contribution in [-0.4, -0.2) is 26.6 Å². The first-order valence-electron chi connectivity index (χ1n) is 9.15. The van der Waals surface area contributed by atoms with Gasteiger partial charge in [-0.3, -0.25) is 0 Å². The minimum absolute atomic E-state index is 0.391. The number of ether oxygens (including phenoxy) is 2. The Morgan fingerprint density at radius 2 is 1.93 bits per heavy atom. The van der Waals surface area contributed by atoms with Crippen LogP contribution in [0.25, 0.3) is 17.1 Å². The molecule has 0 aliphatic rings. The first-order chi connectivity index (χ1) is 13.2. The molecule has 0 atom stereocenters. The van der Waals surface area contributed by atoms with E-state index in [2.05, 4.69) is 10.3 Å². The van der Waals surface area contributed by atoms with Gasteiger partial charge in [0.15, 0.2) is 0 Å². The minimum atomic E-state index is -0.532. The van der Waals surface area contributed by atoms with Gasteiger partial charge in [0.2, 0.25) is 0 Å².